The topological polar surface area (TPSA) is 78.2 Å². The molecule has 0 fully saturated rings. The highest BCUT2D eigenvalue weighted by atomic mass is 32.2. The molecule has 0 saturated heterocycles. The Kier molecular flexibility index (Phi) is 5.37. The molecule has 0 aliphatic heterocycles. The van der Waals surface area contributed by atoms with E-state index in [1.165, 1.54) is 36.3 Å². The van der Waals surface area contributed by atoms with Gasteiger partial charge in [-0.1, -0.05) is 30.0 Å². The lowest BCUT2D eigenvalue weighted by Gasteiger charge is -2.05. The first kappa shape index (κ1) is 16.0. The minimum absolute atomic E-state index is 0.140. The molecule has 0 spiro atoms. The second-order valence-corrected chi connectivity index (χ2v) is 7.36. The molecule has 0 bridgehead atoms. The van der Waals surface area contributed by atoms with Crippen molar-refractivity contribution in [3.8, 4) is 5.75 Å². The fourth-order valence-electron chi connectivity index (χ4n) is 1.44. The molecule has 0 N–H and O–H groups in total. The van der Waals surface area contributed by atoms with E-state index in [4.69, 9.17) is 4.74 Å². The van der Waals surface area contributed by atoms with E-state index in [2.05, 4.69) is 10.2 Å². The molecule has 0 saturated carbocycles. The number of hydrogen-bond acceptors (Lipinski definition) is 8. The van der Waals surface area contributed by atoms with Gasteiger partial charge < -0.3 is 4.74 Å². The van der Waals surface area contributed by atoms with Crippen LogP contribution in [0.4, 0.5) is 10.1 Å². The minimum atomic E-state index is -0.936. The van der Waals surface area contributed by atoms with Crippen LogP contribution in [0.25, 0.3) is 0 Å². The Morgan fingerprint density at radius 2 is 2.14 bits per heavy atom. The number of benzene rings is 1. The van der Waals surface area contributed by atoms with E-state index in [0.717, 1.165) is 27.9 Å². The summed E-state index contributed by atoms with van der Waals surface area (Å²) >= 11 is 3.84. The number of hydrogen-bond donors (Lipinski definition) is 0. The summed E-state index contributed by atoms with van der Waals surface area (Å²) in [5.41, 5.74) is -0.583. The SMILES string of the molecule is CCSc1nnc(Sc2cc(OC)cc(F)c2[N+](=O)[O-])s1. The van der Waals surface area contributed by atoms with Gasteiger partial charge in [0, 0.05) is 12.1 Å². The van der Waals surface area contributed by atoms with Crippen LogP contribution in [-0.4, -0.2) is 28.0 Å². The van der Waals surface area contributed by atoms with Crippen molar-refractivity contribution in [3.05, 3.63) is 28.1 Å². The third-order valence-corrected chi connectivity index (χ3v) is 5.29. The van der Waals surface area contributed by atoms with Crippen LogP contribution >= 0.6 is 34.9 Å². The molecule has 2 aromatic rings. The van der Waals surface area contributed by atoms with E-state index in [0.29, 0.717) is 4.34 Å². The van der Waals surface area contributed by atoms with Crippen LogP contribution in [0.2, 0.25) is 0 Å². The van der Waals surface area contributed by atoms with Gasteiger partial charge in [0.05, 0.1) is 16.9 Å². The summed E-state index contributed by atoms with van der Waals surface area (Å²) in [6.45, 7) is 1.99. The molecule has 112 valence electrons. The lowest BCUT2D eigenvalue weighted by molar-refractivity contribution is -0.390. The van der Waals surface area contributed by atoms with Crippen molar-refractivity contribution >= 4 is 40.5 Å². The third-order valence-electron chi connectivity index (χ3n) is 2.27. The number of nitro groups is 1. The van der Waals surface area contributed by atoms with Crippen molar-refractivity contribution in [1.82, 2.24) is 10.2 Å². The van der Waals surface area contributed by atoms with Gasteiger partial charge in [0.15, 0.2) is 8.68 Å². The monoisotopic (exact) mass is 347 g/mol. The zero-order valence-electron chi connectivity index (χ0n) is 11.0. The van der Waals surface area contributed by atoms with Crippen LogP contribution in [0, 0.1) is 15.9 Å². The Balaban J connectivity index is 2.36. The van der Waals surface area contributed by atoms with Gasteiger partial charge in [-0.3, -0.25) is 10.1 Å². The molecule has 6 nitrogen and oxygen atoms in total. The molecule has 0 unspecified atom stereocenters. The second kappa shape index (κ2) is 7.05. The Bertz CT molecular complexity index is 665. The molecule has 1 heterocycles. The molecule has 0 radical (unpaired) electrons. The van der Waals surface area contributed by atoms with Crippen LogP contribution in [0.15, 0.2) is 25.7 Å². The molecule has 2 rings (SSSR count). The quantitative estimate of drug-likeness (QED) is 0.446. The van der Waals surface area contributed by atoms with Gasteiger partial charge in [-0.2, -0.15) is 4.39 Å². The van der Waals surface area contributed by atoms with Crippen molar-refractivity contribution in [2.24, 2.45) is 0 Å². The molecular formula is C11H10FN3O3S3. The number of thioether (sulfide) groups is 1. The fraction of sp³-hybridized carbons (Fsp3) is 0.273. The Morgan fingerprint density at radius 3 is 2.76 bits per heavy atom. The first-order valence-corrected chi connectivity index (χ1v) is 8.33. The van der Waals surface area contributed by atoms with Gasteiger partial charge in [-0.15, -0.1) is 10.2 Å². The average Bonchev–Trinajstić information content (AvgIpc) is 2.85. The minimum Gasteiger partial charge on any atom is -0.497 e. The number of aromatic nitrogens is 2. The van der Waals surface area contributed by atoms with Crippen molar-refractivity contribution in [2.75, 3.05) is 12.9 Å². The van der Waals surface area contributed by atoms with E-state index < -0.39 is 16.4 Å². The van der Waals surface area contributed by atoms with Crippen LogP contribution < -0.4 is 4.74 Å². The van der Waals surface area contributed by atoms with Crippen LogP contribution in [-0.2, 0) is 0 Å². The Labute approximate surface area is 132 Å². The predicted molar refractivity (Wildman–Crippen MR) is 80.0 cm³/mol. The fourth-order valence-corrected chi connectivity index (χ4v) is 4.47. The number of halogens is 1. The molecule has 10 heteroatoms. The maximum Gasteiger partial charge on any atom is 0.318 e. The summed E-state index contributed by atoms with van der Waals surface area (Å²) in [4.78, 5) is 10.4. The third kappa shape index (κ3) is 3.83. The van der Waals surface area contributed by atoms with E-state index in [-0.39, 0.29) is 10.6 Å². The van der Waals surface area contributed by atoms with E-state index in [9.17, 15) is 14.5 Å². The normalized spacial score (nSPS) is 10.6. The number of rotatable bonds is 6. The lowest BCUT2D eigenvalue weighted by atomic mass is 10.3. The molecule has 0 aliphatic rings. The highest BCUT2D eigenvalue weighted by Crippen LogP contribution is 2.41. The lowest BCUT2D eigenvalue weighted by Crippen LogP contribution is -1.96. The Hall–Kier alpha value is -1.39. The van der Waals surface area contributed by atoms with Gasteiger partial charge >= 0.3 is 5.69 Å². The molecule has 21 heavy (non-hydrogen) atoms. The molecule has 0 amide bonds. The van der Waals surface area contributed by atoms with Crippen LogP contribution in [0.1, 0.15) is 6.92 Å². The maximum absolute atomic E-state index is 13.8. The van der Waals surface area contributed by atoms with Gasteiger partial charge in [-0.25, -0.2) is 0 Å². The summed E-state index contributed by atoms with van der Waals surface area (Å²) in [5.74, 6) is 0.135. The number of methoxy groups -OCH3 is 1. The first-order chi connectivity index (χ1) is 10.0. The molecule has 1 aromatic heterocycles. The number of ether oxygens (including phenoxy) is 1. The zero-order chi connectivity index (χ0) is 15.4. The standard InChI is InChI=1S/C11H10FN3O3S3/c1-3-19-10-13-14-11(21-10)20-8-5-6(18-2)4-7(12)9(8)15(16)17/h4-5H,3H2,1-2H3. The molecular weight excluding hydrogens is 337 g/mol. The number of nitrogens with zero attached hydrogens (tertiary/aromatic N) is 3. The number of nitro benzene ring substituents is 1. The van der Waals surface area contributed by atoms with Gasteiger partial charge in [0.1, 0.15) is 5.75 Å². The largest absolute Gasteiger partial charge is 0.497 e. The summed E-state index contributed by atoms with van der Waals surface area (Å²) in [6, 6.07) is 2.40. The van der Waals surface area contributed by atoms with E-state index in [1.807, 2.05) is 6.92 Å². The van der Waals surface area contributed by atoms with Crippen molar-refractivity contribution < 1.29 is 14.1 Å². The molecule has 0 atom stereocenters. The summed E-state index contributed by atoms with van der Waals surface area (Å²) < 4.78 is 20.0. The van der Waals surface area contributed by atoms with Crippen molar-refractivity contribution in [2.45, 2.75) is 20.5 Å². The van der Waals surface area contributed by atoms with Gasteiger partial charge in [0.25, 0.3) is 0 Å². The van der Waals surface area contributed by atoms with Gasteiger partial charge in [-0.05, 0) is 17.5 Å². The van der Waals surface area contributed by atoms with Gasteiger partial charge in [0.2, 0.25) is 5.82 Å². The van der Waals surface area contributed by atoms with E-state index >= 15 is 0 Å². The van der Waals surface area contributed by atoms with Crippen LogP contribution in [0.5, 0.6) is 5.75 Å². The summed E-state index contributed by atoms with van der Waals surface area (Å²) in [5, 5.41) is 18.9. The maximum atomic E-state index is 13.8. The zero-order valence-corrected chi connectivity index (χ0v) is 13.5. The van der Waals surface area contributed by atoms with E-state index in [1.54, 1.807) is 0 Å². The predicted octanol–water partition coefficient (Wildman–Crippen LogP) is 3.86. The molecule has 1 aromatic carbocycles. The first-order valence-electron chi connectivity index (χ1n) is 5.71. The summed E-state index contributed by atoms with van der Waals surface area (Å²) in [7, 11) is 1.37. The van der Waals surface area contributed by atoms with Crippen molar-refractivity contribution in [1.29, 1.82) is 0 Å². The molecule has 0 aliphatic carbocycles. The highest BCUT2D eigenvalue weighted by Gasteiger charge is 2.24. The van der Waals surface area contributed by atoms with Crippen LogP contribution in [0.3, 0.4) is 0 Å². The average molecular weight is 347 g/mol. The Morgan fingerprint density at radius 1 is 1.43 bits per heavy atom. The highest BCUT2D eigenvalue weighted by molar-refractivity contribution is 8.03. The summed E-state index contributed by atoms with van der Waals surface area (Å²) in [6.07, 6.45) is 0. The van der Waals surface area contributed by atoms with Crippen molar-refractivity contribution in [3.63, 3.8) is 0 Å². The smallest absolute Gasteiger partial charge is 0.318 e. The second-order valence-electron chi connectivity index (χ2n) is 3.58.